The highest BCUT2D eigenvalue weighted by Crippen LogP contribution is 2.30. The maximum atomic E-state index is 12.3. The summed E-state index contributed by atoms with van der Waals surface area (Å²) in [7, 11) is 0. The van der Waals surface area contributed by atoms with E-state index in [2.05, 4.69) is 10.6 Å². The molecule has 0 aromatic heterocycles. The first-order chi connectivity index (χ1) is 10.3. The molecule has 0 saturated carbocycles. The van der Waals surface area contributed by atoms with Gasteiger partial charge < -0.3 is 15.4 Å². The average Bonchev–Trinajstić information content (AvgIpc) is 2.44. The highest BCUT2D eigenvalue weighted by atomic mass is 35.6. The molecule has 0 bridgehead atoms. The molecule has 0 spiro atoms. The number of hydrogen-bond donors (Lipinski definition) is 2. The van der Waals surface area contributed by atoms with Crippen LogP contribution in [-0.4, -0.2) is 22.4 Å². The maximum absolute atomic E-state index is 12.3. The molecule has 2 amide bonds. The summed E-state index contributed by atoms with van der Waals surface area (Å²) in [6, 6.07) is 8.02. The minimum Gasteiger partial charge on any atom is -0.458 e. The second kappa shape index (κ2) is 6.77. The summed E-state index contributed by atoms with van der Waals surface area (Å²) in [6.07, 6.45) is 0. The van der Waals surface area contributed by atoms with Crippen LogP contribution in [0, 0.1) is 0 Å². The van der Waals surface area contributed by atoms with Gasteiger partial charge in [-0.05, 0) is 12.5 Å². The van der Waals surface area contributed by atoms with Crippen LogP contribution in [0.3, 0.4) is 0 Å². The van der Waals surface area contributed by atoms with Gasteiger partial charge in [-0.25, -0.2) is 9.59 Å². The Bertz CT molecular complexity index is 612. The molecule has 0 unspecified atom stereocenters. The molecule has 2 N–H and O–H groups in total. The largest absolute Gasteiger partial charge is 0.458 e. The molecule has 5 nitrogen and oxygen atoms in total. The number of esters is 1. The van der Waals surface area contributed by atoms with E-state index in [9.17, 15) is 9.59 Å². The number of urea groups is 1. The van der Waals surface area contributed by atoms with E-state index in [1.54, 1.807) is 19.1 Å². The first kappa shape index (κ1) is 16.9. The van der Waals surface area contributed by atoms with E-state index >= 15 is 0 Å². The molecule has 0 saturated heterocycles. The molecule has 8 heteroatoms. The average molecular weight is 364 g/mol. The van der Waals surface area contributed by atoms with Crippen LogP contribution in [0.1, 0.15) is 18.5 Å². The predicted molar refractivity (Wildman–Crippen MR) is 84.8 cm³/mol. The highest BCUT2D eigenvalue weighted by molar-refractivity contribution is 6.67. The molecule has 1 aliphatic heterocycles. The van der Waals surface area contributed by atoms with Gasteiger partial charge in [0.25, 0.3) is 0 Å². The van der Waals surface area contributed by atoms with Gasteiger partial charge in [-0.3, -0.25) is 0 Å². The van der Waals surface area contributed by atoms with Crippen molar-refractivity contribution in [2.24, 2.45) is 0 Å². The summed E-state index contributed by atoms with van der Waals surface area (Å²) in [5.74, 6) is -0.662. The number of benzene rings is 1. The number of carbonyl (C=O) groups excluding carboxylic acids is 2. The Labute approximate surface area is 142 Å². The standard InChI is InChI=1S/C14H13Cl3N2O3/c1-8-10(12(20)22-7-14(15,16)17)11(19-13(21)18-8)9-5-3-2-4-6-9/h2-6,11H,7H2,1H3,(H2,18,19,21)/t11-/m1/s1. The lowest BCUT2D eigenvalue weighted by Gasteiger charge is -2.28. The fraction of sp³-hybridized carbons (Fsp3) is 0.286. The van der Waals surface area contributed by atoms with Crippen LogP contribution in [0.2, 0.25) is 0 Å². The number of ether oxygens (including phenoxy) is 1. The monoisotopic (exact) mass is 362 g/mol. The van der Waals surface area contributed by atoms with E-state index in [1.165, 1.54) is 0 Å². The Kier molecular flexibility index (Phi) is 5.21. The van der Waals surface area contributed by atoms with Crippen molar-refractivity contribution in [2.75, 3.05) is 6.61 Å². The molecule has 1 aromatic rings. The number of nitrogens with one attached hydrogen (secondary N) is 2. The number of carbonyl (C=O) groups is 2. The van der Waals surface area contributed by atoms with Crippen molar-refractivity contribution >= 4 is 46.8 Å². The highest BCUT2D eigenvalue weighted by Gasteiger charge is 2.33. The molecule has 1 aromatic carbocycles. The lowest BCUT2D eigenvalue weighted by Crippen LogP contribution is -2.45. The Morgan fingerprint density at radius 1 is 1.27 bits per heavy atom. The van der Waals surface area contributed by atoms with Crippen molar-refractivity contribution in [3.63, 3.8) is 0 Å². The summed E-state index contributed by atoms with van der Waals surface area (Å²) in [4.78, 5) is 24.0. The van der Waals surface area contributed by atoms with Gasteiger partial charge in [0.2, 0.25) is 3.79 Å². The zero-order chi connectivity index (χ0) is 16.3. The molecule has 0 aliphatic carbocycles. The number of alkyl halides is 3. The second-order valence-electron chi connectivity index (χ2n) is 4.67. The molecule has 1 atom stereocenters. The molecular formula is C14H13Cl3N2O3. The van der Waals surface area contributed by atoms with Crippen molar-refractivity contribution < 1.29 is 14.3 Å². The quantitative estimate of drug-likeness (QED) is 0.640. The van der Waals surface area contributed by atoms with E-state index in [1.807, 2.05) is 18.2 Å². The fourth-order valence-electron chi connectivity index (χ4n) is 2.09. The van der Waals surface area contributed by atoms with Gasteiger partial charge in [0.1, 0.15) is 6.61 Å². The third-order valence-electron chi connectivity index (χ3n) is 2.99. The van der Waals surface area contributed by atoms with E-state index in [-0.39, 0.29) is 12.2 Å². The summed E-state index contributed by atoms with van der Waals surface area (Å²) in [5, 5.41) is 5.22. The van der Waals surface area contributed by atoms with Crippen LogP contribution in [0.5, 0.6) is 0 Å². The normalized spacial score (nSPS) is 18.5. The predicted octanol–water partition coefficient (Wildman–Crippen LogP) is 3.23. The van der Waals surface area contributed by atoms with Gasteiger partial charge in [0.15, 0.2) is 0 Å². The third kappa shape index (κ3) is 4.29. The van der Waals surface area contributed by atoms with Crippen molar-refractivity contribution in [3.8, 4) is 0 Å². The van der Waals surface area contributed by atoms with Crippen LogP contribution in [0.15, 0.2) is 41.6 Å². The maximum Gasteiger partial charge on any atom is 0.338 e. The lowest BCUT2D eigenvalue weighted by atomic mass is 9.96. The number of rotatable bonds is 3. The second-order valence-corrected chi connectivity index (χ2v) is 7.19. The minimum absolute atomic E-state index is 0.264. The fourth-order valence-corrected chi connectivity index (χ4v) is 2.25. The van der Waals surface area contributed by atoms with Crippen LogP contribution in [0.25, 0.3) is 0 Å². The van der Waals surface area contributed by atoms with Crippen molar-refractivity contribution in [3.05, 3.63) is 47.2 Å². The van der Waals surface area contributed by atoms with Gasteiger partial charge in [-0.2, -0.15) is 0 Å². The molecule has 1 aliphatic rings. The Balaban J connectivity index is 2.29. The first-order valence-electron chi connectivity index (χ1n) is 6.35. The molecule has 1 heterocycles. The first-order valence-corrected chi connectivity index (χ1v) is 7.48. The lowest BCUT2D eigenvalue weighted by molar-refractivity contribution is -0.139. The number of amides is 2. The smallest absolute Gasteiger partial charge is 0.338 e. The zero-order valence-corrected chi connectivity index (χ0v) is 13.8. The van der Waals surface area contributed by atoms with Crippen molar-refractivity contribution in [2.45, 2.75) is 16.8 Å². The summed E-state index contributed by atoms with van der Waals surface area (Å²) in [5.41, 5.74) is 1.41. The molecule has 0 fully saturated rings. The van der Waals surface area contributed by atoms with E-state index in [0.717, 1.165) is 5.56 Å². The van der Waals surface area contributed by atoms with Crippen LogP contribution >= 0.6 is 34.8 Å². The zero-order valence-electron chi connectivity index (χ0n) is 11.5. The van der Waals surface area contributed by atoms with Crippen LogP contribution < -0.4 is 10.6 Å². The Morgan fingerprint density at radius 3 is 2.50 bits per heavy atom. The van der Waals surface area contributed by atoms with Gasteiger partial charge >= 0.3 is 12.0 Å². The van der Waals surface area contributed by atoms with Gasteiger partial charge in [0, 0.05) is 5.70 Å². The Hall–Kier alpha value is -1.43. The van der Waals surface area contributed by atoms with E-state index in [4.69, 9.17) is 39.5 Å². The van der Waals surface area contributed by atoms with Crippen molar-refractivity contribution in [1.82, 2.24) is 10.6 Å². The summed E-state index contributed by atoms with van der Waals surface area (Å²) < 4.78 is 3.32. The van der Waals surface area contributed by atoms with E-state index in [0.29, 0.717) is 5.70 Å². The van der Waals surface area contributed by atoms with Gasteiger partial charge in [0.05, 0.1) is 11.6 Å². The number of allylic oxidation sites excluding steroid dienone is 1. The van der Waals surface area contributed by atoms with Crippen molar-refractivity contribution in [1.29, 1.82) is 0 Å². The molecule has 0 radical (unpaired) electrons. The molecule has 22 heavy (non-hydrogen) atoms. The van der Waals surface area contributed by atoms with Crippen LogP contribution in [0.4, 0.5) is 4.79 Å². The topological polar surface area (TPSA) is 67.4 Å². The summed E-state index contributed by atoms with van der Waals surface area (Å²) >= 11 is 16.7. The molecule has 118 valence electrons. The van der Waals surface area contributed by atoms with Gasteiger partial charge in [-0.1, -0.05) is 65.1 Å². The number of hydrogen-bond acceptors (Lipinski definition) is 3. The Morgan fingerprint density at radius 2 is 1.91 bits per heavy atom. The molecular weight excluding hydrogens is 351 g/mol. The third-order valence-corrected chi connectivity index (χ3v) is 3.32. The SMILES string of the molecule is CC1=C(C(=O)OCC(Cl)(Cl)Cl)[C@@H](c2ccccc2)NC(=O)N1. The summed E-state index contributed by atoms with van der Waals surface area (Å²) in [6.45, 7) is 1.23. The minimum atomic E-state index is -1.70. The van der Waals surface area contributed by atoms with Gasteiger partial charge in [-0.15, -0.1) is 0 Å². The van der Waals surface area contributed by atoms with E-state index < -0.39 is 21.8 Å². The number of halogens is 3. The van der Waals surface area contributed by atoms with Crippen LogP contribution in [-0.2, 0) is 9.53 Å². The molecule has 2 rings (SSSR count).